The van der Waals surface area contributed by atoms with Gasteiger partial charge in [-0.15, -0.1) is 0 Å². The molecule has 0 N–H and O–H groups in total. The van der Waals surface area contributed by atoms with Crippen molar-refractivity contribution < 1.29 is 9.59 Å². The van der Waals surface area contributed by atoms with Crippen molar-refractivity contribution in [3.05, 3.63) is 53.1 Å². The molecule has 4 rings (SSSR count). The van der Waals surface area contributed by atoms with Crippen molar-refractivity contribution in [2.24, 2.45) is 23.7 Å². The molecular weight excluding hydrogens is 274 g/mol. The fourth-order valence-corrected chi connectivity index (χ4v) is 4.38. The predicted molar refractivity (Wildman–Crippen MR) is 85.1 cm³/mol. The smallest absolute Gasteiger partial charge is 0.238 e. The second-order valence-corrected chi connectivity index (χ2v) is 6.79. The molecule has 2 aliphatic carbocycles. The van der Waals surface area contributed by atoms with Gasteiger partial charge in [-0.05, 0) is 32.9 Å². The highest BCUT2D eigenvalue weighted by Crippen LogP contribution is 2.57. The largest absolute Gasteiger partial charge is 0.274 e. The number of carbonyl (C=O) groups is 2. The summed E-state index contributed by atoms with van der Waals surface area (Å²) in [6.45, 7) is 6.16. The van der Waals surface area contributed by atoms with Gasteiger partial charge in [-0.25, -0.2) is 4.90 Å². The van der Waals surface area contributed by atoms with E-state index < -0.39 is 0 Å². The second-order valence-electron chi connectivity index (χ2n) is 6.79. The number of benzene rings is 1. The van der Waals surface area contributed by atoms with E-state index >= 15 is 0 Å². The maximum absolute atomic E-state index is 12.9. The molecule has 1 heterocycles. The molecule has 2 amide bonds. The summed E-state index contributed by atoms with van der Waals surface area (Å²) in [5, 5.41) is 0. The van der Waals surface area contributed by atoms with Crippen molar-refractivity contribution in [2.75, 3.05) is 4.90 Å². The first kappa shape index (κ1) is 13.5. The number of carbonyl (C=O) groups excluding carboxylic acids is 2. The van der Waals surface area contributed by atoms with Gasteiger partial charge in [0.25, 0.3) is 0 Å². The minimum atomic E-state index is -0.200. The zero-order valence-electron chi connectivity index (χ0n) is 13.0. The number of nitrogens with zero attached hydrogens (tertiary/aromatic N) is 1. The quantitative estimate of drug-likeness (QED) is 0.589. The first-order chi connectivity index (χ1) is 10.5. The molecule has 1 aromatic rings. The third-order valence-corrected chi connectivity index (χ3v) is 5.29. The number of anilines is 1. The van der Waals surface area contributed by atoms with Crippen molar-refractivity contribution >= 4 is 17.5 Å². The summed E-state index contributed by atoms with van der Waals surface area (Å²) >= 11 is 0. The lowest BCUT2D eigenvalue weighted by molar-refractivity contribution is -0.122. The molecule has 0 radical (unpaired) electrons. The summed E-state index contributed by atoms with van der Waals surface area (Å²) in [5.41, 5.74) is 4.36. The third-order valence-electron chi connectivity index (χ3n) is 5.29. The summed E-state index contributed by atoms with van der Waals surface area (Å²) < 4.78 is 0. The van der Waals surface area contributed by atoms with Gasteiger partial charge in [0.2, 0.25) is 11.8 Å². The first-order valence-electron chi connectivity index (χ1n) is 7.81. The number of aryl methyl sites for hydroxylation is 1. The molecule has 112 valence electrons. The summed E-state index contributed by atoms with van der Waals surface area (Å²) in [6, 6.07) is 7.61. The fourth-order valence-electron chi connectivity index (χ4n) is 4.38. The molecule has 0 aromatic heterocycles. The van der Waals surface area contributed by atoms with Crippen LogP contribution in [0, 0.1) is 30.6 Å². The second kappa shape index (κ2) is 4.42. The van der Waals surface area contributed by atoms with Crippen LogP contribution in [0.5, 0.6) is 0 Å². The van der Waals surface area contributed by atoms with Gasteiger partial charge in [-0.1, -0.05) is 41.0 Å². The molecule has 3 heteroatoms. The molecule has 22 heavy (non-hydrogen) atoms. The van der Waals surface area contributed by atoms with E-state index in [4.69, 9.17) is 0 Å². The number of rotatable bonds is 1. The van der Waals surface area contributed by atoms with Gasteiger partial charge >= 0.3 is 0 Å². The van der Waals surface area contributed by atoms with Crippen molar-refractivity contribution in [2.45, 2.75) is 20.8 Å². The number of imide groups is 1. The van der Waals surface area contributed by atoms with Gasteiger partial charge in [0.15, 0.2) is 0 Å². The molecule has 1 saturated carbocycles. The topological polar surface area (TPSA) is 37.4 Å². The number of hydrogen-bond donors (Lipinski definition) is 0. The van der Waals surface area contributed by atoms with E-state index in [1.54, 1.807) is 0 Å². The SMILES string of the molecule is CC(C)=C1[C@@H]2C=C[C@@H]1[C@@H]1C(=O)N(c3ccc(C)cc3)C(=O)[C@H]12. The molecule has 1 aliphatic heterocycles. The zero-order valence-corrected chi connectivity index (χ0v) is 13.0. The average Bonchev–Trinajstić information content (AvgIpc) is 3.11. The van der Waals surface area contributed by atoms with E-state index in [2.05, 4.69) is 26.0 Å². The van der Waals surface area contributed by atoms with E-state index in [-0.39, 0.29) is 35.5 Å². The van der Waals surface area contributed by atoms with Crippen LogP contribution in [0.3, 0.4) is 0 Å². The third kappa shape index (κ3) is 1.57. The Morgan fingerprint density at radius 1 is 0.909 bits per heavy atom. The molecule has 0 unspecified atom stereocenters. The van der Waals surface area contributed by atoms with Gasteiger partial charge in [0, 0.05) is 11.8 Å². The van der Waals surface area contributed by atoms with Crippen molar-refractivity contribution in [1.29, 1.82) is 0 Å². The molecular formula is C19H19NO2. The van der Waals surface area contributed by atoms with E-state index in [1.807, 2.05) is 31.2 Å². The van der Waals surface area contributed by atoms with Crippen LogP contribution >= 0.6 is 0 Å². The predicted octanol–water partition coefficient (Wildman–Crippen LogP) is 3.25. The van der Waals surface area contributed by atoms with Gasteiger partial charge in [-0.2, -0.15) is 0 Å². The highest BCUT2D eigenvalue weighted by atomic mass is 16.2. The Hall–Kier alpha value is -2.16. The number of allylic oxidation sites excluding steroid dienone is 4. The minimum Gasteiger partial charge on any atom is -0.274 e. The van der Waals surface area contributed by atoms with Crippen LogP contribution in [0.15, 0.2) is 47.6 Å². The number of hydrogen-bond acceptors (Lipinski definition) is 2. The van der Waals surface area contributed by atoms with Crippen LogP contribution in [0.2, 0.25) is 0 Å². The van der Waals surface area contributed by atoms with Crippen molar-refractivity contribution in [3.63, 3.8) is 0 Å². The molecule has 1 aromatic carbocycles. The molecule has 3 aliphatic rings. The zero-order chi connectivity index (χ0) is 15.6. The van der Waals surface area contributed by atoms with Gasteiger partial charge in [-0.3, -0.25) is 9.59 Å². The lowest BCUT2D eigenvalue weighted by Gasteiger charge is -2.19. The number of amides is 2. The summed E-state index contributed by atoms with van der Waals surface area (Å²) in [7, 11) is 0. The normalized spacial score (nSPS) is 32.1. The maximum Gasteiger partial charge on any atom is 0.238 e. The lowest BCUT2D eigenvalue weighted by atomic mass is 9.85. The highest BCUT2D eigenvalue weighted by Gasteiger charge is 2.61. The summed E-state index contributed by atoms with van der Waals surface area (Å²) in [6.07, 6.45) is 4.25. The van der Waals surface area contributed by atoms with Gasteiger partial charge < -0.3 is 0 Å². The number of fused-ring (bicyclic) bond motifs is 5. The standard InChI is InChI=1S/C19H19NO2/c1-10(2)15-13-8-9-14(15)17-16(13)18(21)20(19(17)22)12-6-4-11(3)5-7-12/h4-9,13-14,16-17H,1-3H3/t13-,14-,16-,17-/m0/s1. The van der Waals surface area contributed by atoms with E-state index in [0.717, 1.165) is 5.56 Å². The van der Waals surface area contributed by atoms with Gasteiger partial charge in [0.05, 0.1) is 17.5 Å². The molecule has 1 saturated heterocycles. The Morgan fingerprint density at radius 2 is 1.41 bits per heavy atom. The Balaban J connectivity index is 1.76. The summed E-state index contributed by atoms with van der Waals surface area (Å²) in [5.74, 6) is -0.231. The van der Waals surface area contributed by atoms with Crippen LogP contribution < -0.4 is 4.90 Å². The molecule has 0 spiro atoms. The fraction of sp³-hybridized carbons (Fsp3) is 0.368. The van der Waals surface area contributed by atoms with Crippen LogP contribution in [0.4, 0.5) is 5.69 Å². The van der Waals surface area contributed by atoms with Crippen molar-refractivity contribution in [3.8, 4) is 0 Å². The monoisotopic (exact) mass is 293 g/mol. The van der Waals surface area contributed by atoms with Crippen LogP contribution in [-0.4, -0.2) is 11.8 Å². The van der Waals surface area contributed by atoms with Gasteiger partial charge in [0.1, 0.15) is 0 Å². The van der Waals surface area contributed by atoms with Crippen LogP contribution in [-0.2, 0) is 9.59 Å². The lowest BCUT2D eigenvalue weighted by Crippen LogP contribution is -2.33. The highest BCUT2D eigenvalue weighted by molar-refractivity contribution is 6.23. The van der Waals surface area contributed by atoms with Crippen molar-refractivity contribution in [1.82, 2.24) is 0 Å². The summed E-state index contributed by atoms with van der Waals surface area (Å²) in [4.78, 5) is 27.2. The molecule has 2 bridgehead atoms. The average molecular weight is 293 g/mol. The Kier molecular flexibility index (Phi) is 2.71. The minimum absolute atomic E-state index is 0.0329. The Bertz CT molecular complexity index is 703. The molecule has 4 atom stereocenters. The van der Waals surface area contributed by atoms with Crippen LogP contribution in [0.1, 0.15) is 19.4 Å². The first-order valence-corrected chi connectivity index (χ1v) is 7.81. The Morgan fingerprint density at radius 3 is 1.86 bits per heavy atom. The van der Waals surface area contributed by atoms with E-state index in [9.17, 15) is 9.59 Å². The van der Waals surface area contributed by atoms with E-state index in [1.165, 1.54) is 16.0 Å². The molecule has 3 nitrogen and oxygen atoms in total. The Labute approximate surface area is 130 Å². The molecule has 2 fully saturated rings. The van der Waals surface area contributed by atoms with E-state index in [0.29, 0.717) is 5.69 Å². The van der Waals surface area contributed by atoms with Crippen LogP contribution in [0.25, 0.3) is 0 Å². The maximum atomic E-state index is 12.9.